The monoisotopic (exact) mass is 627 g/mol. The number of rotatable bonds is 8. The summed E-state index contributed by atoms with van der Waals surface area (Å²) in [6, 6.07) is 8.70. The molecule has 3 atom stereocenters. The molecule has 0 spiro atoms. The fraction of sp³-hybridized carbons (Fsp3) is 0.500. The van der Waals surface area contributed by atoms with Gasteiger partial charge in [-0.1, -0.05) is 0 Å². The largest absolute Gasteiger partial charge is 0.482 e. The van der Waals surface area contributed by atoms with E-state index >= 15 is 0 Å². The number of hydrogen-bond donors (Lipinski definition) is 1. The zero-order valence-electron chi connectivity index (χ0n) is 24.8. The Labute approximate surface area is 253 Å². The van der Waals surface area contributed by atoms with E-state index in [1.165, 1.54) is 6.07 Å². The molecule has 0 aromatic carbocycles. The van der Waals surface area contributed by atoms with E-state index in [1.807, 2.05) is 26.9 Å². The normalized spacial score (nSPS) is 22.0. The van der Waals surface area contributed by atoms with Crippen LogP contribution in [0.15, 0.2) is 30.3 Å². The van der Waals surface area contributed by atoms with Crippen molar-refractivity contribution in [2.24, 2.45) is 11.7 Å². The van der Waals surface area contributed by atoms with Crippen molar-refractivity contribution < 1.29 is 26.7 Å². The lowest BCUT2D eigenvalue weighted by atomic mass is 9.97. The zero-order valence-corrected chi connectivity index (χ0v) is 25.6. The van der Waals surface area contributed by atoms with Gasteiger partial charge in [-0.15, -0.1) is 0 Å². The Morgan fingerprint density at radius 1 is 1.11 bits per heavy atom. The molecule has 1 saturated carbocycles. The standard InChI is InChI=1S/C30H35F2N7O4S/c1-16-27(23-10-18-6-9-24(39(30(31)32)44(3,41)42)35-28(18)36(23)15-17-4-5-17)34-25-11-19(12-26(43-2)37(16)25)29(40)38-21-7-8-22(38)14-20(33)13-21/h6,9-12,17,20-22,30H,4-5,7-8,13-15,33H2,1-3H3/t20-,21-,22?/m1/s1. The minimum Gasteiger partial charge on any atom is -0.482 e. The van der Waals surface area contributed by atoms with E-state index in [0.29, 0.717) is 46.3 Å². The van der Waals surface area contributed by atoms with Crippen LogP contribution in [0, 0.1) is 12.8 Å². The van der Waals surface area contributed by atoms with Crippen LogP contribution in [-0.4, -0.2) is 76.2 Å². The Morgan fingerprint density at radius 3 is 2.43 bits per heavy atom. The van der Waals surface area contributed by atoms with Gasteiger partial charge in [0, 0.05) is 41.7 Å². The van der Waals surface area contributed by atoms with Crippen molar-refractivity contribution in [3.8, 4) is 17.3 Å². The number of aryl methyl sites for hydroxylation is 1. The molecule has 1 amide bonds. The Bertz CT molecular complexity index is 1890. The summed E-state index contributed by atoms with van der Waals surface area (Å²) < 4.78 is 61.6. The first-order valence-electron chi connectivity index (χ1n) is 14.9. The number of nitrogens with two attached hydrogens (primary N) is 1. The molecule has 2 saturated heterocycles. The second-order valence-corrected chi connectivity index (χ2v) is 14.2. The second kappa shape index (κ2) is 10.4. The topological polar surface area (TPSA) is 128 Å². The third-order valence-corrected chi connectivity index (χ3v) is 10.3. The van der Waals surface area contributed by atoms with Crippen LogP contribution in [0.2, 0.25) is 0 Å². The van der Waals surface area contributed by atoms with Gasteiger partial charge < -0.3 is 19.9 Å². The van der Waals surface area contributed by atoms with Crippen LogP contribution in [0.3, 0.4) is 0 Å². The summed E-state index contributed by atoms with van der Waals surface area (Å²) in [5.41, 5.74) is 9.80. The first-order valence-corrected chi connectivity index (χ1v) is 16.7. The molecule has 234 valence electrons. The molecule has 14 heteroatoms. The highest BCUT2D eigenvalue weighted by Gasteiger charge is 2.42. The van der Waals surface area contributed by atoms with E-state index in [-0.39, 0.29) is 34.2 Å². The smallest absolute Gasteiger partial charge is 0.329 e. The number of imidazole rings is 1. The molecule has 4 aromatic rings. The SMILES string of the molecule is COc1cc(C(=O)N2C3CC[C@@H]2C[C@@H](N)C3)cc2nc(-c3cc4ccc(N(C(F)F)S(C)(=O)=O)nc4n3CC3CC3)c(C)n12. The van der Waals surface area contributed by atoms with E-state index in [1.54, 1.807) is 25.3 Å². The highest BCUT2D eigenvalue weighted by molar-refractivity contribution is 7.92. The quantitative estimate of drug-likeness (QED) is 0.291. The third kappa shape index (κ3) is 4.78. The van der Waals surface area contributed by atoms with Gasteiger partial charge in [-0.3, -0.25) is 9.20 Å². The number of aromatic nitrogens is 4. The number of piperidine rings is 1. The van der Waals surface area contributed by atoms with Gasteiger partial charge in [-0.2, -0.15) is 13.1 Å². The summed E-state index contributed by atoms with van der Waals surface area (Å²) in [6.07, 6.45) is 6.30. The number of hydrogen-bond acceptors (Lipinski definition) is 7. The van der Waals surface area contributed by atoms with Gasteiger partial charge in [0.05, 0.1) is 24.8 Å². The van der Waals surface area contributed by atoms with Crippen LogP contribution < -0.4 is 14.8 Å². The number of alkyl halides is 2. The number of sulfonamides is 1. The molecule has 2 bridgehead atoms. The molecule has 3 aliphatic rings. The average molecular weight is 628 g/mol. The molecule has 0 radical (unpaired) electrons. The summed E-state index contributed by atoms with van der Waals surface area (Å²) in [6.45, 7) is -0.786. The lowest BCUT2D eigenvalue weighted by Crippen LogP contribution is -2.50. The number of carbonyl (C=O) groups excluding carboxylic acids is 1. The van der Waals surface area contributed by atoms with Crippen LogP contribution in [0.25, 0.3) is 28.1 Å². The summed E-state index contributed by atoms with van der Waals surface area (Å²) in [4.78, 5) is 25.2. The lowest BCUT2D eigenvalue weighted by molar-refractivity contribution is 0.0574. The van der Waals surface area contributed by atoms with Crippen LogP contribution in [0.4, 0.5) is 14.6 Å². The Kier molecular flexibility index (Phi) is 6.85. The van der Waals surface area contributed by atoms with Gasteiger partial charge in [0.15, 0.2) is 5.88 Å². The predicted octanol–water partition coefficient (Wildman–Crippen LogP) is 4.16. The van der Waals surface area contributed by atoms with Crippen LogP contribution in [0.1, 0.15) is 54.6 Å². The van der Waals surface area contributed by atoms with Gasteiger partial charge >= 0.3 is 6.55 Å². The second-order valence-electron chi connectivity index (χ2n) is 12.4. The highest BCUT2D eigenvalue weighted by Crippen LogP contribution is 2.39. The number of nitrogens with zero attached hydrogens (tertiary/aromatic N) is 6. The molecule has 3 fully saturated rings. The number of carbonyl (C=O) groups is 1. The predicted molar refractivity (Wildman–Crippen MR) is 161 cm³/mol. The average Bonchev–Trinajstić information content (AvgIpc) is 3.55. The van der Waals surface area contributed by atoms with Crippen molar-refractivity contribution in [2.45, 2.75) is 76.7 Å². The van der Waals surface area contributed by atoms with Crippen molar-refractivity contribution in [2.75, 3.05) is 17.7 Å². The molecular weight excluding hydrogens is 592 g/mol. The number of methoxy groups -OCH3 is 1. The molecule has 44 heavy (non-hydrogen) atoms. The lowest BCUT2D eigenvalue weighted by Gasteiger charge is -2.37. The number of ether oxygens (including phenoxy) is 1. The van der Waals surface area contributed by atoms with Gasteiger partial charge in [-0.05, 0) is 75.6 Å². The van der Waals surface area contributed by atoms with Crippen molar-refractivity contribution in [3.05, 3.63) is 41.6 Å². The van der Waals surface area contributed by atoms with E-state index in [9.17, 15) is 22.0 Å². The number of anilines is 1. The van der Waals surface area contributed by atoms with E-state index < -0.39 is 16.6 Å². The molecule has 1 unspecified atom stereocenters. The number of amides is 1. The van der Waals surface area contributed by atoms with E-state index in [0.717, 1.165) is 56.2 Å². The summed E-state index contributed by atoms with van der Waals surface area (Å²) in [5, 5.41) is 0.671. The number of pyridine rings is 2. The van der Waals surface area contributed by atoms with Crippen LogP contribution in [-0.2, 0) is 16.6 Å². The molecule has 6 heterocycles. The maximum absolute atomic E-state index is 13.8. The van der Waals surface area contributed by atoms with Gasteiger partial charge in [0.1, 0.15) is 22.8 Å². The number of fused-ring (bicyclic) bond motifs is 4. The molecule has 2 aliphatic heterocycles. The van der Waals surface area contributed by atoms with E-state index in [2.05, 4.69) is 4.98 Å². The summed E-state index contributed by atoms with van der Waals surface area (Å²) in [5.74, 6) is 0.455. The van der Waals surface area contributed by atoms with Crippen molar-refractivity contribution in [1.29, 1.82) is 0 Å². The summed E-state index contributed by atoms with van der Waals surface area (Å²) in [7, 11) is -2.71. The molecule has 11 nitrogen and oxygen atoms in total. The van der Waals surface area contributed by atoms with Crippen LogP contribution >= 0.6 is 0 Å². The first kappa shape index (κ1) is 29.0. The van der Waals surface area contributed by atoms with Crippen molar-refractivity contribution in [3.63, 3.8) is 0 Å². The molecule has 4 aromatic heterocycles. The highest BCUT2D eigenvalue weighted by atomic mass is 32.2. The molecule has 7 rings (SSSR count). The van der Waals surface area contributed by atoms with Gasteiger partial charge in [0.25, 0.3) is 5.91 Å². The fourth-order valence-electron chi connectivity index (χ4n) is 7.09. The molecule has 1 aliphatic carbocycles. The fourth-order valence-corrected chi connectivity index (χ4v) is 7.82. The maximum Gasteiger partial charge on any atom is 0.329 e. The molecular formula is C30H35F2N7O4S. The van der Waals surface area contributed by atoms with Gasteiger partial charge in [0.2, 0.25) is 10.0 Å². The Morgan fingerprint density at radius 2 is 1.82 bits per heavy atom. The Hall–Kier alpha value is -3.78. The van der Waals surface area contributed by atoms with Gasteiger partial charge in [-0.25, -0.2) is 18.4 Å². The summed E-state index contributed by atoms with van der Waals surface area (Å²) >= 11 is 0. The van der Waals surface area contributed by atoms with Crippen LogP contribution in [0.5, 0.6) is 5.88 Å². The third-order valence-electron chi connectivity index (χ3n) is 9.25. The van der Waals surface area contributed by atoms with Crippen molar-refractivity contribution in [1.82, 2.24) is 23.8 Å². The molecule has 2 N–H and O–H groups in total. The maximum atomic E-state index is 13.8. The Balaban J connectivity index is 1.34. The first-order chi connectivity index (χ1) is 20.9. The number of halogens is 2. The van der Waals surface area contributed by atoms with E-state index in [4.69, 9.17) is 15.5 Å². The minimum atomic E-state index is -4.27. The van der Waals surface area contributed by atoms with Crippen molar-refractivity contribution >= 4 is 38.4 Å². The zero-order chi connectivity index (χ0) is 31.1. The minimum absolute atomic E-state index is 0.0301.